The molecule has 3 aromatic rings. The maximum absolute atomic E-state index is 5.97. The number of pyridine rings is 1. The van der Waals surface area contributed by atoms with Crippen molar-refractivity contribution in [2.45, 2.75) is 6.92 Å². The van der Waals surface area contributed by atoms with Gasteiger partial charge in [-0.05, 0) is 30.7 Å². The van der Waals surface area contributed by atoms with Gasteiger partial charge in [0.25, 0.3) is 0 Å². The van der Waals surface area contributed by atoms with Crippen LogP contribution in [0.5, 0.6) is 11.5 Å². The quantitative estimate of drug-likeness (QED) is 0.701. The van der Waals surface area contributed by atoms with Gasteiger partial charge in [0.15, 0.2) is 11.5 Å². The number of para-hydroxylation sites is 2. The van der Waals surface area contributed by atoms with Crippen molar-refractivity contribution in [3.63, 3.8) is 0 Å². The molecule has 0 saturated carbocycles. The lowest BCUT2D eigenvalue weighted by Crippen LogP contribution is -1.95. The van der Waals surface area contributed by atoms with Gasteiger partial charge in [-0.2, -0.15) is 0 Å². The van der Waals surface area contributed by atoms with Crippen molar-refractivity contribution in [1.82, 2.24) is 4.98 Å². The van der Waals surface area contributed by atoms with Crippen LogP contribution in [0.2, 0.25) is 0 Å². The van der Waals surface area contributed by atoms with Crippen molar-refractivity contribution in [2.75, 3.05) is 5.73 Å². The molecule has 2 aromatic carbocycles. The molecule has 1 heterocycles. The lowest BCUT2D eigenvalue weighted by atomic mass is 10.2. The number of rotatable bonds is 2. The summed E-state index contributed by atoms with van der Waals surface area (Å²) in [5.74, 6) is 1.42. The van der Waals surface area contributed by atoms with Gasteiger partial charge in [-0.1, -0.05) is 30.3 Å². The van der Waals surface area contributed by atoms with E-state index in [9.17, 15) is 0 Å². The molecule has 0 saturated heterocycles. The molecule has 2 N–H and O–H groups in total. The van der Waals surface area contributed by atoms with Gasteiger partial charge in [-0.25, -0.2) is 0 Å². The molecule has 1 aromatic heterocycles. The Kier molecular flexibility index (Phi) is 2.80. The molecule has 19 heavy (non-hydrogen) atoms. The molecule has 0 aliphatic heterocycles. The van der Waals surface area contributed by atoms with Crippen LogP contribution < -0.4 is 10.5 Å². The Balaban J connectivity index is 2.11. The highest BCUT2D eigenvalue weighted by molar-refractivity contribution is 5.84. The monoisotopic (exact) mass is 250 g/mol. The number of aromatic nitrogens is 1. The number of hydrogen-bond donors (Lipinski definition) is 1. The van der Waals surface area contributed by atoms with Crippen molar-refractivity contribution in [2.24, 2.45) is 0 Å². The van der Waals surface area contributed by atoms with Crippen LogP contribution in [0.1, 0.15) is 5.56 Å². The Bertz CT molecular complexity index is 712. The van der Waals surface area contributed by atoms with Gasteiger partial charge < -0.3 is 10.5 Å². The van der Waals surface area contributed by atoms with Gasteiger partial charge in [0.05, 0.1) is 5.69 Å². The molecule has 0 unspecified atom stereocenters. The number of benzene rings is 2. The van der Waals surface area contributed by atoms with Crippen molar-refractivity contribution in [3.05, 3.63) is 60.3 Å². The zero-order valence-corrected chi connectivity index (χ0v) is 10.6. The van der Waals surface area contributed by atoms with Crippen LogP contribution in [0, 0.1) is 6.92 Å². The predicted octanol–water partition coefficient (Wildman–Crippen LogP) is 3.92. The van der Waals surface area contributed by atoms with Gasteiger partial charge >= 0.3 is 0 Å². The molecule has 94 valence electrons. The highest BCUT2D eigenvalue weighted by Gasteiger charge is 2.08. The first-order chi connectivity index (χ1) is 9.25. The first-order valence-electron chi connectivity index (χ1n) is 6.12. The fraction of sp³-hybridized carbons (Fsp3) is 0.0625. The Morgan fingerprint density at radius 2 is 1.79 bits per heavy atom. The minimum Gasteiger partial charge on any atom is -0.453 e. The summed E-state index contributed by atoms with van der Waals surface area (Å²) in [6, 6.07) is 15.5. The van der Waals surface area contributed by atoms with Crippen molar-refractivity contribution in [1.29, 1.82) is 0 Å². The average Bonchev–Trinajstić information content (AvgIpc) is 2.43. The van der Waals surface area contributed by atoms with Crippen molar-refractivity contribution < 1.29 is 4.74 Å². The number of fused-ring (bicyclic) bond motifs is 1. The number of nitrogens with zero attached hydrogens (tertiary/aromatic N) is 1. The summed E-state index contributed by atoms with van der Waals surface area (Å²) >= 11 is 0. The summed E-state index contributed by atoms with van der Waals surface area (Å²) in [5, 5.41) is 1.05. The van der Waals surface area contributed by atoms with E-state index < -0.39 is 0 Å². The van der Waals surface area contributed by atoms with Gasteiger partial charge in [-0.3, -0.25) is 4.98 Å². The minimum atomic E-state index is 0.632. The summed E-state index contributed by atoms with van der Waals surface area (Å²) in [4.78, 5) is 4.37. The molecular weight excluding hydrogens is 236 g/mol. The first kappa shape index (κ1) is 11.5. The molecule has 0 aliphatic rings. The molecule has 0 spiro atoms. The smallest absolute Gasteiger partial charge is 0.153 e. The summed E-state index contributed by atoms with van der Waals surface area (Å²) < 4.78 is 5.97. The van der Waals surface area contributed by atoms with Gasteiger partial charge in [0, 0.05) is 11.6 Å². The van der Waals surface area contributed by atoms with Crippen molar-refractivity contribution >= 4 is 16.6 Å². The van der Waals surface area contributed by atoms with Crippen LogP contribution in [0.15, 0.2) is 54.7 Å². The summed E-state index contributed by atoms with van der Waals surface area (Å²) in [5.41, 5.74) is 8.45. The van der Waals surface area contributed by atoms with E-state index in [0.717, 1.165) is 22.2 Å². The molecule has 0 aliphatic carbocycles. The Morgan fingerprint density at radius 3 is 2.63 bits per heavy atom. The fourth-order valence-corrected chi connectivity index (χ4v) is 2.08. The predicted molar refractivity (Wildman–Crippen MR) is 77.4 cm³/mol. The highest BCUT2D eigenvalue weighted by Crippen LogP contribution is 2.33. The van der Waals surface area contributed by atoms with E-state index in [-0.39, 0.29) is 0 Å². The van der Waals surface area contributed by atoms with Crippen LogP contribution >= 0.6 is 0 Å². The number of aryl methyl sites for hydroxylation is 1. The average molecular weight is 250 g/mol. The second kappa shape index (κ2) is 4.61. The van der Waals surface area contributed by atoms with E-state index in [1.54, 1.807) is 6.20 Å². The van der Waals surface area contributed by atoms with E-state index in [0.29, 0.717) is 11.4 Å². The zero-order chi connectivity index (χ0) is 13.2. The normalized spacial score (nSPS) is 10.6. The Labute approximate surface area is 111 Å². The first-order valence-corrected chi connectivity index (χ1v) is 6.12. The highest BCUT2D eigenvalue weighted by atomic mass is 16.5. The van der Waals surface area contributed by atoms with E-state index >= 15 is 0 Å². The number of hydrogen-bond acceptors (Lipinski definition) is 3. The zero-order valence-electron chi connectivity index (χ0n) is 10.6. The van der Waals surface area contributed by atoms with Gasteiger partial charge in [0.2, 0.25) is 0 Å². The number of ether oxygens (including phenoxy) is 1. The molecule has 0 fully saturated rings. The van der Waals surface area contributed by atoms with Crippen LogP contribution in [0.25, 0.3) is 10.9 Å². The number of anilines is 1. The SMILES string of the molecule is Cc1cccc(N)c1Oc1cccc2cccnc12. The van der Waals surface area contributed by atoms with E-state index in [4.69, 9.17) is 10.5 Å². The maximum Gasteiger partial charge on any atom is 0.153 e. The largest absolute Gasteiger partial charge is 0.453 e. The van der Waals surface area contributed by atoms with Crippen LogP contribution in [-0.4, -0.2) is 4.98 Å². The number of nitrogens with two attached hydrogens (primary N) is 1. The topological polar surface area (TPSA) is 48.1 Å². The lowest BCUT2D eigenvalue weighted by molar-refractivity contribution is 0.486. The third kappa shape index (κ3) is 2.10. The third-order valence-electron chi connectivity index (χ3n) is 3.05. The molecular formula is C16H14N2O. The minimum absolute atomic E-state index is 0.632. The van der Waals surface area contributed by atoms with Crippen molar-refractivity contribution in [3.8, 4) is 11.5 Å². The molecule has 0 atom stereocenters. The van der Waals surface area contributed by atoms with Gasteiger partial charge in [0.1, 0.15) is 5.52 Å². The molecule has 0 bridgehead atoms. The second-order valence-corrected chi connectivity index (χ2v) is 4.43. The standard InChI is InChI=1S/C16H14N2O/c1-11-5-2-8-13(17)16(11)19-14-9-3-6-12-7-4-10-18-15(12)14/h2-10H,17H2,1H3. The maximum atomic E-state index is 5.97. The van der Waals surface area contributed by atoms with Crippen LogP contribution in [0.3, 0.4) is 0 Å². The van der Waals surface area contributed by atoms with Gasteiger partial charge in [-0.15, -0.1) is 0 Å². The van der Waals surface area contributed by atoms with Crippen LogP contribution in [0.4, 0.5) is 5.69 Å². The van der Waals surface area contributed by atoms with E-state index in [1.165, 1.54) is 0 Å². The molecule has 0 amide bonds. The molecule has 3 nitrogen and oxygen atoms in total. The summed E-state index contributed by atoms with van der Waals surface area (Å²) in [6.07, 6.45) is 1.76. The third-order valence-corrected chi connectivity index (χ3v) is 3.05. The summed E-state index contributed by atoms with van der Waals surface area (Å²) in [6.45, 7) is 1.98. The van der Waals surface area contributed by atoms with E-state index in [2.05, 4.69) is 4.98 Å². The van der Waals surface area contributed by atoms with E-state index in [1.807, 2.05) is 55.5 Å². The Hall–Kier alpha value is -2.55. The number of nitrogen functional groups attached to an aromatic ring is 1. The fourth-order valence-electron chi connectivity index (χ4n) is 2.08. The Morgan fingerprint density at radius 1 is 1.00 bits per heavy atom. The molecule has 3 rings (SSSR count). The lowest BCUT2D eigenvalue weighted by Gasteiger charge is -2.12. The molecule has 3 heteroatoms. The molecule has 0 radical (unpaired) electrons. The summed E-state index contributed by atoms with van der Waals surface area (Å²) in [7, 11) is 0. The second-order valence-electron chi connectivity index (χ2n) is 4.43. The van der Waals surface area contributed by atoms with Crippen LogP contribution in [-0.2, 0) is 0 Å².